The smallest absolute Gasteiger partial charge is 0.220 e. The fourth-order valence-corrected chi connectivity index (χ4v) is 2.32. The summed E-state index contributed by atoms with van der Waals surface area (Å²) in [6.07, 6.45) is 7.00. The number of aromatic nitrogens is 1. The molecule has 1 aliphatic rings. The molecule has 1 fully saturated rings. The Bertz CT molecular complexity index is 390. The summed E-state index contributed by atoms with van der Waals surface area (Å²) >= 11 is 0. The van der Waals surface area contributed by atoms with Crippen LogP contribution in [0.25, 0.3) is 0 Å². The molecule has 0 spiro atoms. The highest BCUT2D eigenvalue weighted by Gasteiger charge is 2.31. The molecule has 1 unspecified atom stereocenters. The number of carbonyl (C=O) groups excluding carboxylic acids is 1. The molecule has 1 saturated carbocycles. The van der Waals surface area contributed by atoms with Gasteiger partial charge in [0.2, 0.25) is 5.91 Å². The number of nitrogens with one attached hydrogen (secondary N) is 1. The molecule has 0 aliphatic heterocycles. The van der Waals surface area contributed by atoms with Gasteiger partial charge < -0.3 is 10.4 Å². The van der Waals surface area contributed by atoms with Crippen LogP contribution in [0.3, 0.4) is 0 Å². The summed E-state index contributed by atoms with van der Waals surface area (Å²) in [5.41, 5.74) is 1.03. The van der Waals surface area contributed by atoms with Gasteiger partial charge in [-0.3, -0.25) is 9.78 Å². The van der Waals surface area contributed by atoms with E-state index in [2.05, 4.69) is 10.3 Å². The normalized spacial score (nSPS) is 16.1. The molecule has 104 valence electrons. The number of hydrogen-bond acceptors (Lipinski definition) is 3. The first-order valence-corrected chi connectivity index (χ1v) is 7.09. The first-order valence-electron chi connectivity index (χ1n) is 7.09. The molecule has 2 N–H and O–H groups in total. The maximum atomic E-state index is 11.8. The van der Waals surface area contributed by atoms with Crippen molar-refractivity contribution in [1.82, 2.24) is 10.3 Å². The van der Waals surface area contributed by atoms with E-state index in [9.17, 15) is 4.79 Å². The van der Waals surface area contributed by atoms with Crippen LogP contribution in [-0.4, -0.2) is 28.6 Å². The lowest BCUT2D eigenvalue weighted by Crippen LogP contribution is -2.37. The number of aliphatic hydroxyl groups excluding tert-OH is 1. The summed E-state index contributed by atoms with van der Waals surface area (Å²) in [6.45, 7) is 0.148. The SMILES string of the molecule is O=C(CCCc1ccccn1)NC(CCO)C1CC1. The van der Waals surface area contributed by atoms with Gasteiger partial charge in [-0.1, -0.05) is 6.07 Å². The van der Waals surface area contributed by atoms with Crippen molar-refractivity contribution in [3.63, 3.8) is 0 Å². The zero-order valence-corrected chi connectivity index (χ0v) is 11.2. The van der Waals surface area contributed by atoms with E-state index in [0.29, 0.717) is 18.8 Å². The Morgan fingerprint density at radius 2 is 2.32 bits per heavy atom. The van der Waals surface area contributed by atoms with Gasteiger partial charge in [-0.15, -0.1) is 0 Å². The van der Waals surface area contributed by atoms with E-state index in [0.717, 1.165) is 18.5 Å². The van der Waals surface area contributed by atoms with Gasteiger partial charge in [0.15, 0.2) is 0 Å². The molecule has 1 aliphatic carbocycles. The number of nitrogens with zero attached hydrogens (tertiary/aromatic N) is 1. The Balaban J connectivity index is 1.66. The van der Waals surface area contributed by atoms with E-state index in [1.807, 2.05) is 18.2 Å². The molecule has 4 nitrogen and oxygen atoms in total. The van der Waals surface area contributed by atoms with Crippen LogP contribution < -0.4 is 5.32 Å². The monoisotopic (exact) mass is 262 g/mol. The molecule has 1 amide bonds. The van der Waals surface area contributed by atoms with Crippen LogP contribution in [0.5, 0.6) is 0 Å². The van der Waals surface area contributed by atoms with Crippen LogP contribution in [0.15, 0.2) is 24.4 Å². The average molecular weight is 262 g/mol. The Morgan fingerprint density at radius 3 is 2.95 bits per heavy atom. The Kier molecular flexibility index (Phi) is 5.33. The quantitative estimate of drug-likeness (QED) is 0.749. The third-order valence-electron chi connectivity index (χ3n) is 3.54. The highest BCUT2D eigenvalue weighted by Crippen LogP contribution is 2.33. The molecule has 1 aromatic rings. The fourth-order valence-electron chi connectivity index (χ4n) is 2.32. The van der Waals surface area contributed by atoms with Crippen LogP contribution >= 0.6 is 0 Å². The highest BCUT2D eigenvalue weighted by molar-refractivity contribution is 5.76. The van der Waals surface area contributed by atoms with Crippen LogP contribution in [0, 0.1) is 5.92 Å². The van der Waals surface area contributed by atoms with E-state index in [1.54, 1.807) is 6.20 Å². The molecular weight excluding hydrogens is 240 g/mol. The van der Waals surface area contributed by atoms with Crippen molar-refractivity contribution in [3.05, 3.63) is 30.1 Å². The molecule has 1 atom stereocenters. The lowest BCUT2D eigenvalue weighted by atomic mass is 10.1. The van der Waals surface area contributed by atoms with Crippen molar-refractivity contribution in [1.29, 1.82) is 0 Å². The van der Waals surface area contributed by atoms with Crippen molar-refractivity contribution < 1.29 is 9.90 Å². The summed E-state index contributed by atoms with van der Waals surface area (Å²) in [6, 6.07) is 6.02. The minimum Gasteiger partial charge on any atom is -0.396 e. The van der Waals surface area contributed by atoms with Crippen LogP contribution in [0.2, 0.25) is 0 Å². The summed E-state index contributed by atoms with van der Waals surface area (Å²) in [5.74, 6) is 0.688. The van der Waals surface area contributed by atoms with E-state index >= 15 is 0 Å². The van der Waals surface area contributed by atoms with Crippen LogP contribution in [-0.2, 0) is 11.2 Å². The summed E-state index contributed by atoms with van der Waals surface area (Å²) in [7, 11) is 0. The van der Waals surface area contributed by atoms with Crippen LogP contribution in [0.1, 0.15) is 37.8 Å². The molecule has 0 saturated heterocycles. The van der Waals surface area contributed by atoms with E-state index in [4.69, 9.17) is 5.11 Å². The second kappa shape index (κ2) is 7.24. The zero-order chi connectivity index (χ0) is 13.5. The molecule has 0 radical (unpaired) electrons. The number of rotatable bonds is 8. The van der Waals surface area contributed by atoms with Gasteiger partial charge >= 0.3 is 0 Å². The predicted octanol–water partition coefficient (Wildman–Crippen LogP) is 1.68. The minimum absolute atomic E-state index is 0.0984. The first-order chi connectivity index (χ1) is 9.29. The van der Waals surface area contributed by atoms with Gasteiger partial charge in [0, 0.05) is 31.0 Å². The van der Waals surface area contributed by atoms with Crippen molar-refractivity contribution in [2.75, 3.05) is 6.61 Å². The molecule has 0 aromatic carbocycles. The summed E-state index contributed by atoms with van der Waals surface area (Å²) in [4.78, 5) is 16.1. The lowest BCUT2D eigenvalue weighted by molar-refractivity contribution is -0.122. The molecule has 4 heteroatoms. The van der Waals surface area contributed by atoms with E-state index in [-0.39, 0.29) is 18.6 Å². The highest BCUT2D eigenvalue weighted by atomic mass is 16.3. The number of hydrogen-bond donors (Lipinski definition) is 2. The van der Waals surface area contributed by atoms with Gasteiger partial charge in [0.1, 0.15) is 0 Å². The molecule has 1 heterocycles. The topological polar surface area (TPSA) is 62.2 Å². The number of amides is 1. The number of aliphatic hydroxyl groups is 1. The Labute approximate surface area is 114 Å². The van der Waals surface area contributed by atoms with Gasteiger partial charge in [0.05, 0.1) is 0 Å². The van der Waals surface area contributed by atoms with Gasteiger partial charge in [-0.05, 0) is 50.2 Å². The zero-order valence-electron chi connectivity index (χ0n) is 11.2. The van der Waals surface area contributed by atoms with Crippen molar-refractivity contribution in [3.8, 4) is 0 Å². The Morgan fingerprint density at radius 1 is 1.47 bits per heavy atom. The maximum Gasteiger partial charge on any atom is 0.220 e. The first kappa shape index (κ1) is 14.0. The molecule has 2 rings (SSSR count). The number of aryl methyl sites for hydroxylation is 1. The average Bonchev–Trinajstić information content (AvgIpc) is 3.24. The molecule has 1 aromatic heterocycles. The number of carbonyl (C=O) groups is 1. The third kappa shape index (κ3) is 4.99. The molecule has 19 heavy (non-hydrogen) atoms. The van der Waals surface area contributed by atoms with Gasteiger partial charge in [-0.2, -0.15) is 0 Å². The lowest BCUT2D eigenvalue weighted by Gasteiger charge is -2.17. The van der Waals surface area contributed by atoms with Crippen LogP contribution in [0.4, 0.5) is 0 Å². The standard InChI is InChI=1S/C15H22N2O2/c18-11-9-14(12-7-8-12)17-15(19)6-3-5-13-4-1-2-10-16-13/h1-2,4,10,12,14,18H,3,5-9,11H2,(H,17,19). The van der Waals surface area contributed by atoms with E-state index < -0.39 is 0 Å². The largest absolute Gasteiger partial charge is 0.396 e. The Hall–Kier alpha value is -1.42. The second-order valence-corrected chi connectivity index (χ2v) is 5.20. The maximum absolute atomic E-state index is 11.8. The molecular formula is C15H22N2O2. The van der Waals surface area contributed by atoms with Gasteiger partial charge in [-0.25, -0.2) is 0 Å². The van der Waals surface area contributed by atoms with Crippen molar-refractivity contribution in [2.24, 2.45) is 5.92 Å². The predicted molar refractivity (Wildman–Crippen MR) is 73.5 cm³/mol. The summed E-state index contributed by atoms with van der Waals surface area (Å²) < 4.78 is 0. The molecule has 0 bridgehead atoms. The third-order valence-corrected chi connectivity index (χ3v) is 3.54. The van der Waals surface area contributed by atoms with Crippen molar-refractivity contribution in [2.45, 2.75) is 44.6 Å². The van der Waals surface area contributed by atoms with Gasteiger partial charge in [0.25, 0.3) is 0 Å². The van der Waals surface area contributed by atoms with E-state index in [1.165, 1.54) is 12.8 Å². The summed E-state index contributed by atoms with van der Waals surface area (Å²) in [5, 5.41) is 12.0. The minimum atomic E-state index is 0.0984. The number of pyridine rings is 1. The fraction of sp³-hybridized carbons (Fsp3) is 0.600. The second-order valence-electron chi connectivity index (χ2n) is 5.20. The van der Waals surface area contributed by atoms with Crippen molar-refractivity contribution >= 4 is 5.91 Å².